The summed E-state index contributed by atoms with van der Waals surface area (Å²) < 4.78 is 25.4. The predicted octanol–water partition coefficient (Wildman–Crippen LogP) is 1.94. The van der Waals surface area contributed by atoms with Gasteiger partial charge in [0.25, 0.3) is 0 Å². The maximum absolute atomic E-state index is 13.3. The first-order chi connectivity index (χ1) is 11.2. The molecule has 0 unspecified atom stereocenters. The van der Waals surface area contributed by atoms with Crippen molar-refractivity contribution in [2.45, 2.75) is 6.54 Å². The molecule has 0 aromatic carbocycles. The summed E-state index contributed by atoms with van der Waals surface area (Å²) in [6.07, 6.45) is 3.37. The second-order valence-electron chi connectivity index (χ2n) is 4.63. The number of methoxy groups -OCH3 is 2. The first-order valence-electron chi connectivity index (χ1n) is 6.80. The van der Waals surface area contributed by atoms with Crippen LogP contribution in [0.15, 0.2) is 36.7 Å². The van der Waals surface area contributed by atoms with Crippen LogP contribution in [0.25, 0.3) is 11.5 Å². The molecule has 0 aliphatic rings. The normalized spacial score (nSPS) is 10.6. The molecule has 7 nitrogen and oxygen atoms in total. The van der Waals surface area contributed by atoms with Crippen LogP contribution in [-0.2, 0) is 6.54 Å². The first-order valence-corrected chi connectivity index (χ1v) is 6.80. The maximum atomic E-state index is 13.3. The Kier molecular flexibility index (Phi) is 4.13. The van der Waals surface area contributed by atoms with E-state index in [0.717, 1.165) is 0 Å². The van der Waals surface area contributed by atoms with Crippen molar-refractivity contribution >= 4 is 0 Å². The molecule has 0 aliphatic heterocycles. The van der Waals surface area contributed by atoms with Gasteiger partial charge in [-0.3, -0.25) is 0 Å². The third-order valence-corrected chi connectivity index (χ3v) is 3.22. The van der Waals surface area contributed by atoms with Crippen LogP contribution < -0.4 is 9.47 Å². The highest BCUT2D eigenvalue weighted by atomic mass is 19.1. The van der Waals surface area contributed by atoms with Crippen LogP contribution in [0.1, 0.15) is 5.69 Å². The van der Waals surface area contributed by atoms with Crippen molar-refractivity contribution in [2.75, 3.05) is 14.2 Å². The summed E-state index contributed by atoms with van der Waals surface area (Å²) >= 11 is 0. The average Bonchev–Trinajstić information content (AvgIpc) is 3.03. The van der Waals surface area contributed by atoms with E-state index in [0.29, 0.717) is 35.4 Å². The Labute approximate surface area is 131 Å². The number of rotatable bonds is 5. The van der Waals surface area contributed by atoms with Crippen molar-refractivity contribution in [3.63, 3.8) is 0 Å². The Morgan fingerprint density at radius 2 is 2.04 bits per heavy atom. The van der Waals surface area contributed by atoms with Gasteiger partial charge in [0.1, 0.15) is 17.1 Å². The zero-order valence-corrected chi connectivity index (χ0v) is 12.6. The van der Waals surface area contributed by atoms with E-state index in [1.807, 2.05) is 0 Å². The Balaban J connectivity index is 1.95. The lowest BCUT2D eigenvalue weighted by Gasteiger charge is -2.10. The van der Waals surface area contributed by atoms with Crippen molar-refractivity contribution in [1.29, 1.82) is 0 Å². The molecule has 0 amide bonds. The van der Waals surface area contributed by atoms with E-state index in [-0.39, 0.29) is 0 Å². The van der Waals surface area contributed by atoms with Gasteiger partial charge in [0.05, 0.1) is 20.8 Å². The molecule has 8 heteroatoms. The molecule has 3 aromatic rings. The Bertz CT molecular complexity index is 821. The number of hydrogen-bond acceptors (Lipinski definition) is 6. The van der Waals surface area contributed by atoms with Gasteiger partial charge in [0.15, 0.2) is 5.82 Å². The summed E-state index contributed by atoms with van der Waals surface area (Å²) in [5.41, 5.74) is 1.04. The highest BCUT2D eigenvalue weighted by molar-refractivity contribution is 5.49. The zero-order chi connectivity index (χ0) is 16.2. The van der Waals surface area contributed by atoms with Gasteiger partial charge in [-0.2, -0.15) is 4.39 Å². The van der Waals surface area contributed by atoms with E-state index in [9.17, 15) is 4.39 Å². The maximum Gasteiger partial charge on any atom is 0.236 e. The third-order valence-electron chi connectivity index (χ3n) is 3.22. The average molecular weight is 315 g/mol. The van der Waals surface area contributed by atoms with Crippen LogP contribution in [0.4, 0.5) is 4.39 Å². The quantitative estimate of drug-likeness (QED) is 0.670. The van der Waals surface area contributed by atoms with Crippen molar-refractivity contribution < 1.29 is 13.9 Å². The van der Waals surface area contributed by atoms with Gasteiger partial charge in [0.2, 0.25) is 11.8 Å². The molecule has 0 atom stereocenters. The van der Waals surface area contributed by atoms with Crippen molar-refractivity contribution in [3.05, 3.63) is 48.3 Å². The minimum absolute atomic E-state index is 0.355. The second kappa shape index (κ2) is 6.39. The molecule has 118 valence electrons. The molecule has 3 rings (SSSR count). The molecule has 0 saturated carbocycles. The molecule has 0 aliphatic carbocycles. The number of hydrogen-bond donors (Lipinski definition) is 0. The van der Waals surface area contributed by atoms with Gasteiger partial charge in [-0.1, -0.05) is 6.07 Å². The number of pyridine rings is 1. The van der Waals surface area contributed by atoms with E-state index in [4.69, 9.17) is 9.47 Å². The summed E-state index contributed by atoms with van der Waals surface area (Å²) in [6.45, 7) is 0.355. The predicted molar refractivity (Wildman–Crippen MR) is 79.7 cm³/mol. The zero-order valence-electron chi connectivity index (χ0n) is 12.6. The summed E-state index contributed by atoms with van der Waals surface area (Å²) in [5.74, 6) is 0.884. The van der Waals surface area contributed by atoms with E-state index in [2.05, 4.69) is 20.2 Å². The smallest absolute Gasteiger partial charge is 0.236 e. The van der Waals surface area contributed by atoms with E-state index in [1.165, 1.54) is 13.2 Å². The van der Waals surface area contributed by atoms with E-state index >= 15 is 0 Å². The molecule has 0 saturated heterocycles. The van der Waals surface area contributed by atoms with E-state index in [1.54, 1.807) is 42.3 Å². The fourth-order valence-corrected chi connectivity index (χ4v) is 2.13. The Hall–Kier alpha value is -3.03. The van der Waals surface area contributed by atoms with Crippen LogP contribution in [0.5, 0.6) is 11.6 Å². The second-order valence-corrected chi connectivity index (χ2v) is 4.63. The molecule has 3 aromatic heterocycles. The summed E-state index contributed by atoms with van der Waals surface area (Å²) in [5, 5.41) is 8.05. The summed E-state index contributed by atoms with van der Waals surface area (Å²) in [4.78, 5) is 8.08. The topological polar surface area (TPSA) is 75.0 Å². The SMILES string of the molecule is COc1cc(OC)c(Cn2ccnc2-c2cccc(F)n2)nn1. The van der Waals surface area contributed by atoms with Crippen LogP contribution in [0.2, 0.25) is 0 Å². The van der Waals surface area contributed by atoms with Gasteiger partial charge in [-0.05, 0) is 12.1 Å². The van der Waals surface area contributed by atoms with Crippen molar-refractivity contribution in [2.24, 2.45) is 0 Å². The minimum Gasteiger partial charge on any atom is -0.494 e. The number of aromatic nitrogens is 5. The van der Waals surface area contributed by atoms with Crippen LogP contribution >= 0.6 is 0 Å². The van der Waals surface area contributed by atoms with Crippen LogP contribution in [-0.4, -0.2) is 39.0 Å². The molecule has 0 bridgehead atoms. The van der Waals surface area contributed by atoms with Crippen LogP contribution in [0, 0.1) is 5.95 Å². The number of nitrogens with zero attached hydrogens (tertiary/aromatic N) is 5. The van der Waals surface area contributed by atoms with Gasteiger partial charge in [0, 0.05) is 18.5 Å². The number of imidazole rings is 1. The van der Waals surface area contributed by atoms with Crippen molar-refractivity contribution in [3.8, 4) is 23.1 Å². The highest BCUT2D eigenvalue weighted by Crippen LogP contribution is 2.23. The Morgan fingerprint density at radius 1 is 1.17 bits per heavy atom. The van der Waals surface area contributed by atoms with Crippen LogP contribution in [0.3, 0.4) is 0 Å². The van der Waals surface area contributed by atoms with Crippen molar-refractivity contribution in [1.82, 2.24) is 24.7 Å². The molecule has 0 fully saturated rings. The Morgan fingerprint density at radius 3 is 2.78 bits per heavy atom. The highest BCUT2D eigenvalue weighted by Gasteiger charge is 2.13. The monoisotopic (exact) mass is 315 g/mol. The fourth-order valence-electron chi connectivity index (χ4n) is 2.13. The molecule has 0 spiro atoms. The molecule has 23 heavy (non-hydrogen) atoms. The van der Waals surface area contributed by atoms with Gasteiger partial charge in [-0.25, -0.2) is 9.97 Å². The molecule has 0 N–H and O–H groups in total. The number of halogens is 1. The lowest BCUT2D eigenvalue weighted by atomic mass is 10.3. The standard InChI is InChI=1S/C15H14FN5O2/c1-22-12-8-14(23-2)20-19-11(12)9-21-7-6-17-15(21)10-4-3-5-13(16)18-10/h3-8H,9H2,1-2H3. The minimum atomic E-state index is -0.557. The fraction of sp³-hybridized carbons (Fsp3) is 0.200. The summed E-state index contributed by atoms with van der Waals surface area (Å²) in [6, 6.07) is 6.22. The molecular formula is C15H14FN5O2. The first kappa shape index (κ1) is 14.9. The van der Waals surface area contributed by atoms with Gasteiger partial charge < -0.3 is 14.0 Å². The molecule has 0 radical (unpaired) electrons. The van der Waals surface area contributed by atoms with Gasteiger partial charge in [-0.15, -0.1) is 10.2 Å². The third kappa shape index (κ3) is 3.10. The largest absolute Gasteiger partial charge is 0.494 e. The summed E-state index contributed by atoms with van der Waals surface area (Å²) in [7, 11) is 3.05. The molecule has 3 heterocycles. The van der Waals surface area contributed by atoms with Gasteiger partial charge >= 0.3 is 0 Å². The lowest BCUT2D eigenvalue weighted by Crippen LogP contribution is -2.07. The number of ether oxygens (including phenoxy) is 2. The molecular weight excluding hydrogens is 301 g/mol. The van der Waals surface area contributed by atoms with E-state index < -0.39 is 5.95 Å². The lowest BCUT2D eigenvalue weighted by molar-refractivity contribution is 0.369.